The largest absolute Gasteiger partial charge is 0.351 e. The monoisotopic (exact) mass is 345 g/mol. The maximum absolute atomic E-state index is 13.1. The molecule has 0 atom stereocenters. The van der Waals surface area contributed by atoms with Crippen LogP contribution in [0.4, 0.5) is 4.39 Å². The van der Waals surface area contributed by atoms with E-state index in [4.69, 9.17) is 0 Å². The molecule has 4 nitrogen and oxygen atoms in total. The highest BCUT2D eigenvalue weighted by atomic mass is 32.1. The Hall–Kier alpha value is -2.21. The molecule has 0 radical (unpaired) electrons. The predicted octanol–water partition coefficient (Wildman–Crippen LogP) is 4.45. The van der Waals surface area contributed by atoms with Crippen molar-refractivity contribution in [2.45, 2.75) is 33.1 Å². The number of nitrogens with one attached hydrogen (secondary N) is 1. The van der Waals surface area contributed by atoms with E-state index in [1.807, 2.05) is 13.0 Å². The molecule has 0 aliphatic heterocycles. The molecule has 24 heavy (non-hydrogen) atoms. The number of aryl methyl sites for hydroxylation is 1. The van der Waals surface area contributed by atoms with Gasteiger partial charge >= 0.3 is 0 Å². The van der Waals surface area contributed by atoms with E-state index in [1.54, 1.807) is 16.8 Å². The number of aromatic nitrogens is 2. The second kappa shape index (κ2) is 7.13. The van der Waals surface area contributed by atoms with Crippen molar-refractivity contribution in [3.05, 3.63) is 46.7 Å². The standard InChI is InChI=1S/C18H20FN3OS/c1-3-4-5-10-20-17(23)16-11-15-12(2)21-22(18(15)24-16)14-8-6-13(19)7-9-14/h6-9,11H,3-5,10H2,1-2H3,(H,20,23). The third-order valence-corrected chi connectivity index (χ3v) is 5.01. The van der Waals surface area contributed by atoms with Crippen molar-refractivity contribution in [1.82, 2.24) is 15.1 Å². The second-order valence-corrected chi connectivity index (χ2v) is 6.80. The van der Waals surface area contributed by atoms with Gasteiger partial charge in [-0.25, -0.2) is 9.07 Å². The molecule has 0 spiro atoms. The third-order valence-electron chi connectivity index (χ3n) is 3.91. The fourth-order valence-corrected chi connectivity index (χ4v) is 3.68. The molecule has 3 aromatic rings. The minimum Gasteiger partial charge on any atom is -0.351 e. The van der Waals surface area contributed by atoms with Gasteiger partial charge in [0, 0.05) is 11.9 Å². The van der Waals surface area contributed by atoms with E-state index >= 15 is 0 Å². The molecule has 1 amide bonds. The maximum atomic E-state index is 13.1. The Morgan fingerprint density at radius 2 is 2.04 bits per heavy atom. The minimum atomic E-state index is -0.280. The van der Waals surface area contributed by atoms with Crippen molar-refractivity contribution in [2.75, 3.05) is 6.54 Å². The first-order valence-corrected chi connectivity index (χ1v) is 8.95. The molecule has 0 aliphatic carbocycles. The number of thiophene rings is 1. The van der Waals surface area contributed by atoms with Crippen LogP contribution in [0.3, 0.4) is 0 Å². The first-order valence-electron chi connectivity index (χ1n) is 8.13. The van der Waals surface area contributed by atoms with Crippen molar-refractivity contribution in [2.24, 2.45) is 0 Å². The molecule has 3 rings (SSSR count). The lowest BCUT2D eigenvalue weighted by molar-refractivity contribution is 0.0957. The van der Waals surface area contributed by atoms with Crippen molar-refractivity contribution < 1.29 is 9.18 Å². The van der Waals surface area contributed by atoms with E-state index in [1.165, 1.54) is 23.5 Å². The lowest BCUT2D eigenvalue weighted by Gasteiger charge is -2.03. The topological polar surface area (TPSA) is 46.9 Å². The van der Waals surface area contributed by atoms with Gasteiger partial charge in [-0.1, -0.05) is 19.8 Å². The van der Waals surface area contributed by atoms with Gasteiger partial charge in [0.25, 0.3) is 5.91 Å². The van der Waals surface area contributed by atoms with Gasteiger partial charge in [-0.3, -0.25) is 4.79 Å². The highest BCUT2D eigenvalue weighted by molar-refractivity contribution is 7.20. The number of carbonyl (C=O) groups excluding carboxylic acids is 1. The lowest BCUT2D eigenvalue weighted by atomic mass is 10.2. The number of benzene rings is 1. The number of hydrogen-bond donors (Lipinski definition) is 1. The van der Waals surface area contributed by atoms with E-state index in [9.17, 15) is 9.18 Å². The Bertz CT molecular complexity index is 851. The molecule has 0 fully saturated rings. The van der Waals surface area contributed by atoms with Crippen LogP contribution in [0.25, 0.3) is 15.9 Å². The number of hydrogen-bond acceptors (Lipinski definition) is 3. The number of fused-ring (bicyclic) bond motifs is 1. The molecule has 0 saturated heterocycles. The highest BCUT2D eigenvalue weighted by Crippen LogP contribution is 2.30. The average Bonchev–Trinajstić information content (AvgIpc) is 3.13. The van der Waals surface area contributed by atoms with Crippen molar-refractivity contribution in [3.63, 3.8) is 0 Å². The maximum Gasteiger partial charge on any atom is 0.261 e. The van der Waals surface area contributed by atoms with Crippen molar-refractivity contribution >= 4 is 27.5 Å². The average molecular weight is 345 g/mol. The number of unbranched alkanes of at least 4 members (excludes halogenated alkanes) is 2. The Kier molecular flexibility index (Phi) is 4.94. The van der Waals surface area contributed by atoms with Crippen LogP contribution < -0.4 is 5.32 Å². The van der Waals surface area contributed by atoms with Crippen LogP contribution >= 0.6 is 11.3 Å². The Morgan fingerprint density at radius 3 is 2.75 bits per heavy atom. The van der Waals surface area contributed by atoms with E-state index in [2.05, 4.69) is 17.3 Å². The molecule has 126 valence electrons. The van der Waals surface area contributed by atoms with Crippen LogP contribution in [0.5, 0.6) is 0 Å². The summed E-state index contributed by atoms with van der Waals surface area (Å²) in [6, 6.07) is 8.08. The molecule has 2 heterocycles. The zero-order chi connectivity index (χ0) is 17.1. The van der Waals surface area contributed by atoms with Gasteiger partial charge in [-0.05, 0) is 43.7 Å². The summed E-state index contributed by atoms with van der Waals surface area (Å²) in [4.78, 5) is 13.9. The smallest absolute Gasteiger partial charge is 0.261 e. The summed E-state index contributed by atoms with van der Waals surface area (Å²) in [5.74, 6) is -0.324. The van der Waals surface area contributed by atoms with Crippen LogP contribution in [0, 0.1) is 12.7 Å². The van der Waals surface area contributed by atoms with Crippen LogP contribution in [-0.4, -0.2) is 22.2 Å². The lowest BCUT2D eigenvalue weighted by Crippen LogP contribution is -2.23. The predicted molar refractivity (Wildman–Crippen MR) is 95.5 cm³/mol. The molecule has 1 N–H and O–H groups in total. The second-order valence-electron chi connectivity index (χ2n) is 5.77. The van der Waals surface area contributed by atoms with Gasteiger partial charge in [-0.2, -0.15) is 5.10 Å². The van der Waals surface area contributed by atoms with Crippen LogP contribution in [0.1, 0.15) is 41.6 Å². The zero-order valence-electron chi connectivity index (χ0n) is 13.8. The fourth-order valence-electron chi connectivity index (χ4n) is 2.58. The normalized spacial score (nSPS) is 11.1. The molecule has 6 heteroatoms. The van der Waals surface area contributed by atoms with Crippen molar-refractivity contribution in [3.8, 4) is 5.69 Å². The summed E-state index contributed by atoms with van der Waals surface area (Å²) in [5, 5.41) is 8.43. The summed E-state index contributed by atoms with van der Waals surface area (Å²) in [5.41, 5.74) is 1.64. The van der Waals surface area contributed by atoms with Gasteiger partial charge in [0.1, 0.15) is 10.6 Å². The summed E-state index contributed by atoms with van der Waals surface area (Å²) >= 11 is 1.41. The molecule has 0 unspecified atom stereocenters. The van der Waals surface area contributed by atoms with Crippen LogP contribution in [0.15, 0.2) is 30.3 Å². The number of halogens is 1. The van der Waals surface area contributed by atoms with Gasteiger partial charge in [0.05, 0.1) is 16.3 Å². The number of amides is 1. The SMILES string of the molecule is CCCCCNC(=O)c1cc2c(C)nn(-c3ccc(F)cc3)c2s1. The summed E-state index contributed by atoms with van der Waals surface area (Å²) in [6.45, 7) is 4.75. The molecule has 2 aromatic heterocycles. The molecular weight excluding hydrogens is 325 g/mol. The van der Waals surface area contributed by atoms with Gasteiger partial charge in [0.2, 0.25) is 0 Å². The first kappa shape index (κ1) is 16.6. The zero-order valence-corrected chi connectivity index (χ0v) is 14.6. The van der Waals surface area contributed by atoms with Crippen molar-refractivity contribution in [1.29, 1.82) is 0 Å². The molecule has 0 bridgehead atoms. The number of nitrogens with zero attached hydrogens (tertiary/aromatic N) is 2. The van der Waals surface area contributed by atoms with E-state index in [0.29, 0.717) is 11.4 Å². The Morgan fingerprint density at radius 1 is 1.29 bits per heavy atom. The highest BCUT2D eigenvalue weighted by Gasteiger charge is 2.16. The first-order chi connectivity index (χ1) is 11.6. The quantitative estimate of drug-likeness (QED) is 0.671. The van der Waals surface area contributed by atoms with Gasteiger partial charge < -0.3 is 5.32 Å². The Balaban J connectivity index is 1.87. The molecule has 1 aromatic carbocycles. The molecule has 0 aliphatic rings. The van der Waals surface area contributed by atoms with E-state index < -0.39 is 0 Å². The third kappa shape index (κ3) is 3.33. The number of carbonyl (C=O) groups is 1. The summed E-state index contributed by atoms with van der Waals surface area (Å²) in [7, 11) is 0. The van der Waals surface area contributed by atoms with Gasteiger partial charge in [-0.15, -0.1) is 11.3 Å². The van der Waals surface area contributed by atoms with Gasteiger partial charge in [0.15, 0.2) is 0 Å². The van der Waals surface area contributed by atoms with E-state index in [0.717, 1.165) is 40.9 Å². The Labute approximate surface area is 144 Å². The fraction of sp³-hybridized carbons (Fsp3) is 0.333. The van der Waals surface area contributed by atoms with E-state index in [-0.39, 0.29) is 11.7 Å². The summed E-state index contributed by atoms with van der Waals surface area (Å²) < 4.78 is 14.9. The number of rotatable bonds is 6. The minimum absolute atomic E-state index is 0.0441. The molecule has 0 saturated carbocycles. The molecular formula is C18H20FN3OS. The van der Waals surface area contributed by atoms with Crippen LogP contribution in [0.2, 0.25) is 0 Å². The summed E-state index contributed by atoms with van der Waals surface area (Å²) in [6.07, 6.45) is 3.24. The van der Waals surface area contributed by atoms with Crippen LogP contribution in [-0.2, 0) is 0 Å².